The first-order valence-electron chi connectivity index (χ1n) is 7.15. The minimum Gasteiger partial charge on any atom is -0.306 e. The number of halogens is 2. The minimum atomic E-state index is 0. The summed E-state index contributed by atoms with van der Waals surface area (Å²) in [5, 5.41) is 0. The van der Waals surface area contributed by atoms with Crippen LogP contribution < -0.4 is 0 Å². The molecular formula is C18H21BrClN. The van der Waals surface area contributed by atoms with Crippen LogP contribution in [0.25, 0.3) is 0 Å². The Morgan fingerprint density at radius 1 is 1.00 bits per heavy atom. The topological polar surface area (TPSA) is 3.24 Å². The van der Waals surface area contributed by atoms with E-state index in [9.17, 15) is 0 Å². The van der Waals surface area contributed by atoms with Gasteiger partial charge in [0.05, 0.1) is 0 Å². The molecule has 0 N–H and O–H groups in total. The third-order valence-corrected chi connectivity index (χ3v) is 4.93. The predicted molar refractivity (Wildman–Crippen MR) is 95.5 cm³/mol. The van der Waals surface area contributed by atoms with Crippen LogP contribution in [-0.2, 0) is 6.42 Å². The molecule has 0 saturated carbocycles. The first-order chi connectivity index (χ1) is 9.65. The maximum Gasteiger partial charge on any atom is 0.0175 e. The molecule has 0 saturated heterocycles. The Labute approximate surface area is 141 Å². The lowest BCUT2D eigenvalue weighted by molar-refractivity contribution is 0.258. The van der Waals surface area contributed by atoms with Gasteiger partial charge in [-0.2, -0.15) is 0 Å². The number of fused-ring (bicyclic) bond motifs is 1. The van der Waals surface area contributed by atoms with Gasteiger partial charge in [0.1, 0.15) is 0 Å². The van der Waals surface area contributed by atoms with Crippen molar-refractivity contribution in [3.8, 4) is 0 Å². The molecule has 0 fully saturated rings. The van der Waals surface area contributed by atoms with Crippen LogP contribution in [0, 0.1) is 0 Å². The molecule has 2 atom stereocenters. The molecule has 0 unspecified atom stereocenters. The second-order valence-electron chi connectivity index (χ2n) is 5.86. The molecule has 21 heavy (non-hydrogen) atoms. The smallest absolute Gasteiger partial charge is 0.0175 e. The number of benzene rings is 2. The summed E-state index contributed by atoms with van der Waals surface area (Å²) < 4.78 is 1.15. The summed E-state index contributed by atoms with van der Waals surface area (Å²) in [5.74, 6) is 0.514. The predicted octanol–water partition coefficient (Wildman–Crippen LogP) is 4.88. The molecule has 0 heterocycles. The van der Waals surface area contributed by atoms with Crippen molar-refractivity contribution < 1.29 is 0 Å². The number of nitrogens with zero attached hydrogens (tertiary/aromatic N) is 1. The number of likely N-dealkylation sites (N-methyl/N-ethyl adjacent to an activating group) is 1. The second kappa shape index (κ2) is 6.95. The highest BCUT2D eigenvalue weighted by Crippen LogP contribution is 2.38. The van der Waals surface area contributed by atoms with Crippen molar-refractivity contribution >= 4 is 28.3 Å². The summed E-state index contributed by atoms with van der Waals surface area (Å²) in [7, 11) is 4.38. The zero-order valence-electron chi connectivity index (χ0n) is 12.4. The molecule has 2 aromatic carbocycles. The molecule has 0 spiro atoms. The fraction of sp³-hybridized carbons (Fsp3) is 0.333. The molecule has 1 nitrogen and oxygen atoms in total. The lowest BCUT2D eigenvalue weighted by Crippen LogP contribution is -2.35. The van der Waals surface area contributed by atoms with Crippen LogP contribution in [0.1, 0.15) is 29.0 Å². The Bertz CT molecular complexity index is 594. The lowest BCUT2D eigenvalue weighted by atomic mass is 9.76. The third kappa shape index (κ3) is 3.50. The van der Waals surface area contributed by atoms with Crippen LogP contribution in [0.3, 0.4) is 0 Å². The van der Waals surface area contributed by atoms with Gasteiger partial charge in [0, 0.05) is 16.4 Å². The van der Waals surface area contributed by atoms with Gasteiger partial charge in [-0.1, -0.05) is 52.3 Å². The molecule has 0 aromatic heterocycles. The molecule has 0 radical (unpaired) electrons. The van der Waals surface area contributed by atoms with E-state index in [0.29, 0.717) is 12.0 Å². The highest BCUT2D eigenvalue weighted by molar-refractivity contribution is 9.10. The maximum absolute atomic E-state index is 3.53. The molecule has 3 heteroatoms. The quantitative estimate of drug-likeness (QED) is 0.732. The maximum atomic E-state index is 3.53. The highest BCUT2D eigenvalue weighted by Gasteiger charge is 2.28. The third-order valence-electron chi connectivity index (χ3n) is 4.40. The largest absolute Gasteiger partial charge is 0.306 e. The van der Waals surface area contributed by atoms with Crippen molar-refractivity contribution in [2.45, 2.75) is 24.8 Å². The molecule has 3 rings (SSSR count). The van der Waals surface area contributed by atoms with Gasteiger partial charge in [-0.25, -0.2) is 0 Å². The van der Waals surface area contributed by atoms with E-state index in [2.05, 4.69) is 83.5 Å². The van der Waals surface area contributed by atoms with Gasteiger partial charge in [-0.15, -0.1) is 12.4 Å². The van der Waals surface area contributed by atoms with Crippen LogP contribution in [0.5, 0.6) is 0 Å². The van der Waals surface area contributed by atoms with Crippen molar-refractivity contribution in [3.63, 3.8) is 0 Å². The van der Waals surface area contributed by atoms with Gasteiger partial charge in [-0.05, 0) is 55.8 Å². The molecule has 1 aliphatic rings. The zero-order chi connectivity index (χ0) is 14.1. The summed E-state index contributed by atoms with van der Waals surface area (Å²) in [6.07, 6.45) is 2.36. The molecule has 0 aliphatic heterocycles. The molecule has 2 aromatic rings. The van der Waals surface area contributed by atoms with Gasteiger partial charge < -0.3 is 4.90 Å². The van der Waals surface area contributed by atoms with E-state index in [1.54, 1.807) is 0 Å². The number of rotatable bonds is 2. The Morgan fingerprint density at radius 3 is 2.33 bits per heavy atom. The Kier molecular flexibility index (Phi) is 5.48. The van der Waals surface area contributed by atoms with Gasteiger partial charge in [-0.3, -0.25) is 0 Å². The average Bonchev–Trinajstić information content (AvgIpc) is 2.47. The van der Waals surface area contributed by atoms with Crippen LogP contribution in [0.15, 0.2) is 53.0 Å². The van der Waals surface area contributed by atoms with E-state index in [1.165, 1.54) is 23.1 Å². The summed E-state index contributed by atoms with van der Waals surface area (Å²) in [5.41, 5.74) is 4.44. The van der Waals surface area contributed by atoms with Gasteiger partial charge in [0.2, 0.25) is 0 Å². The SMILES string of the molecule is CN(C)[C@@H]1Cc2ccccc2[C@@H](c2ccc(Br)cc2)C1.Cl. The summed E-state index contributed by atoms with van der Waals surface area (Å²) in [4.78, 5) is 2.36. The molecule has 0 amide bonds. The van der Waals surface area contributed by atoms with E-state index in [-0.39, 0.29) is 12.4 Å². The van der Waals surface area contributed by atoms with Crippen LogP contribution in [0.2, 0.25) is 0 Å². The number of hydrogen-bond acceptors (Lipinski definition) is 1. The first kappa shape index (κ1) is 16.5. The molecule has 1 aliphatic carbocycles. The Morgan fingerprint density at radius 2 is 1.67 bits per heavy atom. The van der Waals surface area contributed by atoms with E-state index < -0.39 is 0 Å². The average molecular weight is 367 g/mol. The molecular weight excluding hydrogens is 346 g/mol. The van der Waals surface area contributed by atoms with E-state index in [1.807, 2.05) is 0 Å². The van der Waals surface area contributed by atoms with Crippen LogP contribution in [0.4, 0.5) is 0 Å². The van der Waals surface area contributed by atoms with Crippen molar-refractivity contribution in [3.05, 3.63) is 69.7 Å². The van der Waals surface area contributed by atoms with Crippen molar-refractivity contribution in [2.75, 3.05) is 14.1 Å². The Hall–Kier alpha value is -0.830. The molecule has 112 valence electrons. The Balaban J connectivity index is 0.00000161. The standard InChI is InChI=1S/C18H20BrN.ClH/c1-20(2)16-11-14-5-3-4-6-17(14)18(12-16)13-7-9-15(19)10-8-13;/h3-10,16,18H,11-12H2,1-2H3;1H/t16-,18-;/m1./s1. The van der Waals surface area contributed by atoms with Crippen molar-refractivity contribution in [2.24, 2.45) is 0 Å². The minimum absolute atomic E-state index is 0. The van der Waals surface area contributed by atoms with Gasteiger partial charge >= 0.3 is 0 Å². The van der Waals surface area contributed by atoms with Crippen LogP contribution in [-0.4, -0.2) is 25.0 Å². The zero-order valence-corrected chi connectivity index (χ0v) is 14.8. The summed E-state index contributed by atoms with van der Waals surface area (Å²) >= 11 is 3.53. The van der Waals surface area contributed by atoms with Crippen molar-refractivity contribution in [1.29, 1.82) is 0 Å². The van der Waals surface area contributed by atoms with Crippen LogP contribution >= 0.6 is 28.3 Å². The fourth-order valence-electron chi connectivity index (χ4n) is 3.20. The van der Waals surface area contributed by atoms with Crippen molar-refractivity contribution in [1.82, 2.24) is 4.90 Å². The van der Waals surface area contributed by atoms with E-state index in [4.69, 9.17) is 0 Å². The summed E-state index contributed by atoms with van der Waals surface area (Å²) in [6, 6.07) is 18.3. The number of hydrogen-bond donors (Lipinski definition) is 0. The normalized spacial score (nSPS) is 20.8. The van der Waals surface area contributed by atoms with Gasteiger partial charge in [0.15, 0.2) is 0 Å². The molecule has 0 bridgehead atoms. The highest BCUT2D eigenvalue weighted by atomic mass is 79.9. The first-order valence-corrected chi connectivity index (χ1v) is 7.94. The monoisotopic (exact) mass is 365 g/mol. The van der Waals surface area contributed by atoms with E-state index in [0.717, 1.165) is 10.9 Å². The lowest BCUT2D eigenvalue weighted by Gasteiger charge is -2.35. The second-order valence-corrected chi connectivity index (χ2v) is 6.78. The van der Waals surface area contributed by atoms with E-state index >= 15 is 0 Å². The summed E-state index contributed by atoms with van der Waals surface area (Å²) in [6.45, 7) is 0. The van der Waals surface area contributed by atoms with Gasteiger partial charge in [0.25, 0.3) is 0 Å². The fourth-order valence-corrected chi connectivity index (χ4v) is 3.46.